The molecule has 0 fully saturated rings. The summed E-state index contributed by atoms with van der Waals surface area (Å²) >= 11 is 0. The smallest absolute Gasteiger partial charge is 0.240 e. The van der Waals surface area contributed by atoms with Crippen molar-refractivity contribution in [2.24, 2.45) is 0 Å². The van der Waals surface area contributed by atoms with Crippen LogP contribution in [0.25, 0.3) is 27.8 Å². The van der Waals surface area contributed by atoms with Crippen LogP contribution in [0.2, 0.25) is 0 Å². The van der Waals surface area contributed by atoms with Crippen LogP contribution in [-0.4, -0.2) is 19.6 Å². The number of pyridine rings is 2. The van der Waals surface area contributed by atoms with Crippen LogP contribution >= 0.6 is 0 Å². The van der Waals surface area contributed by atoms with E-state index in [0.29, 0.717) is 0 Å². The first-order valence-electron chi connectivity index (χ1n) is 6.28. The predicted octanol–water partition coefficient (Wildman–Crippen LogP) is 2.53. The summed E-state index contributed by atoms with van der Waals surface area (Å²) in [5.74, 6) is 0.272. The third kappa shape index (κ3) is 1.68. The lowest BCUT2D eigenvalue weighted by Crippen LogP contribution is -1.91. The summed E-state index contributed by atoms with van der Waals surface area (Å²) in [7, 11) is 0. The van der Waals surface area contributed by atoms with Crippen molar-refractivity contribution in [3.05, 3.63) is 54.7 Å². The van der Waals surface area contributed by atoms with Crippen LogP contribution in [0.1, 0.15) is 0 Å². The van der Waals surface area contributed by atoms with Gasteiger partial charge < -0.3 is 5.73 Å². The van der Waals surface area contributed by atoms with Crippen molar-refractivity contribution in [3.8, 4) is 11.3 Å². The molecule has 0 unspecified atom stereocenters. The zero-order valence-corrected chi connectivity index (χ0v) is 10.6. The minimum absolute atomic E-state index is 0.272. The van der Waals surface area contributed by atoms with E-state index in [1.54, 1.807) is 4.52 Å². The fraction of sp³-hybridized carbons (Fsp3) is 0. The van der Waals surface area contributed by atoms with Gasteiger partial charge in [0.25, 0.3) is 0 Å². The van der Waals surface area contributed by atoms with Gasteiger partial charge in [0.1, 0.15) is 0 Å². The Balaban J connectivity index is 1.90. The van der Waals surface area contributed by atoms with E-state index >= 15 is 0 Å². The summed E-state index contributed by atoms with van der Waals surface area (Å²) < 4.78 is 1.67. The maximum Gasteiger partial charge on any atom is 0.240 e. The number of hydrogen-bond acceptors (Lipinski definition) is 4. The normalized spacial score (nSPS) is 11.2. The van der Waals surface area contributed by atoms with E-state index < -0.39 is 0 Å². The second-order valence-corrected chi connectivity index (χ2v) is 4.58. The first-order valence-corrected chi connectivity index (χ1v) is 6.28. The number of benzene rings is 1. The third-order valence-corrected chi connectivity index (χ3v) is 3.24. The van der Waals surface area contributed by atoms with Gasteiger partial charge in [-0.3, -0.25) is 0 Å². The Morgan fingerprint density at radius 1 is 0.900 bits per heavy atom. The van der Waals surface area contributed by atoms with Crippen LogP contribution in [-0.2, 0) is 0 Å². The number of nitrogens with zero attached hydrogens (tertiary/aromatic N) is 4. The molecule has 3 aromatic heterocycles. The van der Waals surface area contributed by atoms with Gasteiger partial charge in [0, 0.05) is 17.1 Å². The number of nitrogens with two attached hydrogens (primary N) is 1. The lowest BCUT2D eigenvalue weighted by molar-refractivity contribution is 0.968. The molecule has 96 valence electrons. The predicted molar refractivity (Wildman–Crippen MR) is 78.1 cm³/mol. The molecule has 1 aromatic carbocycles. The van der Waals surface area contributed by atoms with Gasteiger partial charge in [0.2, 0.25) is 5.95 Å². The molecule has 5 nitrogen and oxygen atoms in total. The molecule has 0 atom stereocenters. The van der Waals surface area contributed by atoms with Crippen molar-refractivity contribution >= 4 is 22.5 Å². The summed E-state index contributed by atoms with van der Waals surface area (Å²) in [6, 6.07) is 16.0. The van der Waals surface area contributed by atoms with Crippen molar-refractivity contribution in [2.75, 3.05) is 5.73 Å². The maximum atomic E-state index is 5.60. The molecule has 0 saturated carbocycles. The Morgan fingerprint density at radius 2 is 1.80 bits per heavy atom. The number of para-hydroxylation sites is 1. The number of anilines is 1. The lowest BCUT2D eigenvalue weighted by Gasteiger charge is -2.03. The molecule has 0 bridgehead atoms. The molecule has 2 N–H and O–H groups in total. The highest BCUT2D eigenvalue weighted by Gasteiger charge is 2.05. The van der Waals surface area contributed by atoms with Gasteiger partial charge in [-0.2, -0.15) is 4.98 Å². The van der Waals surface area contributed by atoms with Gasteiger partial charge in [-0.1, -0.05) is 24.3 Å². The van der Waals surface area contributed by atoms with Gasteiger partial charge in [0.15, 0.2) is 5.65 Å². The first kappa shape index (κ1) is 10.9. The monoisotopic (exact) mass is 261 g/mol. The molecule has 4 rings (SSSR count). The molecule has 4 aromatic rings. The highest BCUT2D eigenvalue weighted by Crippen LogP contribution is 2.21. The molecule has 20 heavy (non-hydrogen) atoms. The molecule has 0 aliphatic heterocycles. The van der Waals surface area contributed by atoms with Crippen molar-refractivity contribution in [3.63, 3.8) is 0 Å². The zero-order chi connectivity index (χ0) is 13.5. The SMILES string of the molecule is Nc1nc2ccc(-c3ccc4ccccc4n3)cn2n1. The molecule has 0 amide bonds. The van der Waals surface area contributed by atoms with Crippen molar-refractivity contribution < 1.29 is 0 Å². The summed E-state index contributed by atoms with van der Waals surface area (Å²) in [5, 5.41) is 5.24. The van der Waals surface area contributed by atoms with Crippen LogP contribution in [0.5, 0.6) is 0 Å². The van der Waals surface area contributed by atoms with E-state index in [1.165, 1.54) is 0 Å². The molecule has 0 aliphatic rings. The topological polar surface area (TPSA) is 69.1 Å². The van der Waals surface area contributed by atoms with Gasteiger partial charge in [-0.25, -0.2) is 9.50 Å². The standard InChI is InChI=1S/C15H11N5/c16-15-18-14-8-6-11(9-20(14)19-15)13-7-5-10-3-1-2-4-12(10)17-13/h1-9H,(H2,16,19). The van der Waals surface area contributed by atoms with E-state index in [2.05, 4.69) is 21.1 Å². The largest absolute Gasteiger partial charge is 0.366 e. The van der Waals surface area contributed by atoms with E-state index in [4.69, 9.17) is 5.73 Å². The number of fused-ring (bicyclic) bond motifs is 2. The van der Waals surface area contributed by atoms with E-state index in [0.717, 1.165) is 27.8 Å². The number of hydrogen-bond donors (Lipinski definition) is 1. The summed E-state index contributed by atoms with van der Waals surface area (Å²) in [6.45, 7) is 0. The maximum absolute atomic E-state index is 5.60. The molecular weight excluding hydrogens is 250 g/mol. The molecule has 5 heteroatoms. The molecule has 3 heterocycles. The summed E-state index contributed by atoms with van der Waals surface area (Å²) in [6.07, 6.45) is 1.88. The van der Waals surface area contributed by atoms with E-state index in [9.17, 15) is 0 Å². The minimum atomic E-state index is 0.272. The van der Waals surface area contributed by atoms with Gasteiger partial charge in [-0.05, 0) is 24.3 Å². The Kier molecular flexibility index (Phi) is 2.20. The zero-order valence-electron chi connectivity index (χ0n) is 10.6. The average Bonchev–Trinajstić information content (AvgIpc) is 2.85. The minimum Gasteiger partial charge on any atom is -0.366 e. The lowest BCUT2D eigenvalue weighted by atomic mass is 10.1. The third-order valence-electron chi connectivity index (χ3n) is 3.24. The van der Waals surface area contributed by atoms with Crippen molar-refractivity contribution in [1.29, 1.82) is 0 Å². The summed E-state index contributed by atoms with van der Waals surface area (Å²) in [4.78, 5) is 8.77. The molecule has 0 radical (unpaired) electrons. The van der Waals surface area contributed by atoms with Crippen molar-refractivity contribution in [2.45, 2.75) is 0 Å². The molecule has 0 spiro atoms. The van der Waals surface area contributed by atoms with Gasteiger partial charge in [-0.15, -0.1) is 5.10 Å². The fourth-order valence-corrected chi connectivity index (χ4v) is 2.28. The van der Waals surface area contributed by atoms with Crippen LogP contribution in [0.15, 0.2) is 54.7 Å². The van der Waals surface area contributed by atoms with Gasteiger partial charge in [0.05, 0.1) is 11.2 Å². The van der Waals surface area contributed by atoms with Crippen molar-refractivity contribution in [1.82, 2.24) is 19.6 Å². The van der Waals surface area contributed by atoms with Crippen LogP contribution in [0, 0.1) is 0 Å². The molecular formula is C15H11N5. The van der Waals surface area contributed by atoms with Crippen LogP contribution in [0.3, 0.4) is 0 Å². The van der Waals surface area contributed by atoms with Gasteiger partial charge >= 0.3 is 0 Å². The van der Waals surface area contributed by atoms with Crippen LogP contribution < -0.4 is 5.73 Å². The number of nitrogen functional groups attached to an aromatic ring is 1. The Hall–Kier alpha value is -2.95. The second kappa shape index (κ2) is 4.03. The fourth-order valence-electron chi connectivity index (χ4n) is 2.28. The highest BCUT2D eigenvalue weighted by molar-refractivity contribution is 5.81. The Bertz CT molecular complexity index is 926. The first-order chi connectivity index (χ1) is 9.79. The molecule has 0 saturated heterocycles. The number of rotatable bonds is 1. The summed E-state index contributed by atoms with van der Waals surface area (Å²) in [5.41, 5.74) is 9.18. The van der Waals surface area contributed by atoms with Crippen LogP contribution in [0.4, 0.5) is 5.95 Å². The van der Waals surface area contributed by atoms with E-state index in [1.807, 2.05) is 48.7 Å². The second-order valence-electron chi connectivity index (χ2n) is 4.58. The highest BCUT2D eigenvalue weighted by atomic mass is 15.3. The average molecular weight is 261 g/mol. The number of aromatic nitrogens is 4. The quantitative estimate of drug-likeness (QED) is 0.571. The Morgan fingerprint density at radius 3 is 2.75 bits per heavy atom. The molecule has 0 aliphatic carbocycles. The Labute approximate surface area is 114 Å². The van der Waals surface area contributed by atoms with E-state index in [-0.39, 0.29) is 5.95 Å².